The molecule has 0 amide bonds. The number of nitrogen functional groups attached to an aromatic ring is 1. The molecule has 0 bridgehead atoms. The average molecular weight is 425 g/mol. The lowest BCUT2D eigenvalue weighted by atomic mass is 9.75. The molecule has 0 aliphatic heterocycles. The third-order valence-electron chi connectivity index (χ3n) is 6.12. The minimum absolute atomic E-state index is 0.397. The Morgan fingerprint density at radius 2 is 1.69 bits per heavy atom. The molecule has 0 saturated carbocycles. The second kappa shape index (κ2) is 10.3. The molecule has 0 saturated heterocycles. The Bertz CT molecular complexity index is 1090. The number of unbranched alkanes of at least 4 members (excludes halogenated alkanes) is 1. The molecule has 4 rings (SSSR count). The van der Waals surface area contributed by atoms with Crippen molar-refractivity contribution in [3.8, 4) is 0 Å². The molecule has 0 fully saturated rings. The molecule has 0 radical (unpaired) electrons. The second-order valence-electron chi connectivity index (χ2n) is 8.36. The Morgan fingerprint density at radius 1 is 0.938 bits per heavy atom. The first-order valence-corrected chi connectivity index (χ1v) is 11.4. The van der Waals surface area contributed by atoms with Crippen LogP contribution in [0, 0.1) is 0 Å². The Balaban J connectivity index is 1.86. The van der Waals surface area contributed by atoms with Gasteiger partial charge in [-0.3, -0.25) is 5.32 Å². The van der Waals surface area contributed by atoms with Gasteiger partial charge in [0.25, 0.3) is 0 Å². The van der Waals surface area contributed by atoms with Crippen LogP contribution >= 0.6 is 0 Å². The van der Waals surface area contributed by atoms with Crippen molar-refractivity contribution in [2.45, 2.75) is 44.8 Å². The highest BCUT2D eigenvalue weighted by Gasteiger charge is 2.35. The zero-order valence-electron chi connectivity index (χ0n) is 18.7. The number of hydrogen-bond acceptors (Lipinski definition) is 3. The summed E-state index contributed by atoms with van der Waals surface area (Å²) < 4.78 is 2.08. The lowest BCUT2D eigenvalue weighted by Crippen LogP contribution is -2.46. The highest BCUT2D eigenvalue weighted by molar-refractivity contribution is 5.47. The van der Waals surface area contributed by atoms with E-state index in [1.54, 1.807) is 0 Å². The Hall–Kier alpha value is -3.37. The van der Waals surface area contributed by atoms with E-state index in [1.165, 1.54) is 35.1 Å². The average Bonchev–Trinajstić information content (AvgIpc) is 3.36. The maximum atomic E-state index is 5.99. The van der Waals surface area contributed by atoms with Gasteiger partial charge in [-0.15, -0.1) is 0 Å². The van der Waals surface area contributed by atoms with Gasteiger partial charge in [0.15, 0.2) is 0 Å². The lowest BCUT2D eigenvalue weighted by Gasteiger charge is -2.38. The van der Waals surface area contributed by atoms with Gasteiger partial charge >= 0.3 is 0 Å². The van der Waals surface area contributed by atoms with E-state index in [2.05, 4.69) is 88.5 Å². The Labute approximate surface area is 191 Å². The molecular formula is C28H32N4. The smallest absolute Gasteiger partial charge is 0.0956 e. The van der Waals surface area contributed by atoms with Gasteiger partial charge in [0.2, 0.25) is 0 Å². The molecule has 1 atom stereocenters. The number of anilines is 1. The van der Waals surface area contributed by atoms with Crippen LogP contribution in [0.4, 0.5) is 5.69 Å². The first-order chi connectivity index (χ1) is 15.7. The first kappa shape index (κ1) is 21.8. The highest BCUT2D eigenvalue weighted by atomic mass is 15.2. The molecule has 0 aliphatic rings. The maximum Gasteiger partial charge on any atom is 0.0956 e. The summed E-state index contributed by atoms with van der Waals surface area (Å²) in [5.41, 5.74) is 11.6. The summed E-state index contributed by atoms with van der Waals surface area (Å²) in [6.07, 6.45) is 9.90. The van der Waals surface area contributed by atoms with Crippen LogP contribution in [0.5, 0.6) is 0 Å². The summed E-state index contributed by atoms with van der Waals surface area (Å²) in [6, 6.07) is 27.9. The Kier molecular flexibility index (Phi) is 7.03. The van der Waals surface area contributed by atoms with Gasteiger partial charge in [0.1, 0.15) is 0 Å². The first-order valence-electron chi connectivity index (χ1n) is 11.4. The fraction of sp³-hybridized carbons (Fsp3) is 0.250. The van der Waals surface area contributed by atoms with E-state index in [1.807, 2.05) is 30.9 Å². The summed E-state index contributed by atoms with van der Waals surface area (Å²) in [5, 5.41) is 3.94. The number of aromatic nitrogens is 2. The van der Waals surface area contributed by atoms with Crippen LogP contribution < -0.4 is 11.1 Å². The predicted octanol–water partition coefficient (Wildman–Crippen LogP) is 5.54. The number of hydrogen-bond donors (Lipinski definition) is 2. The van der Waals surface area contributed by atoms with Crippen LogP contribution in [-0.4, -0.2) is 9.55 Å². The van der Waals surface area contributed by atoms with Crippen LogP contribution in [0.2, 0.25) is 0 Å². The zero-order valence-corrected chi connectivity index (χ0v) is 18.7. The molecule has 1 heterocycles. The summed E-state index contributed by atoms with van der Waals surface area (Å²) in [4.78, 5) is 4.23. The van der Waals surface area contributed by atoms with Gasteiger partial charge in [-0.05, 0) is 53.6 Å². The molecule has 4 heteroatoms. The van der Waals surface area contributed by atoms with Crippen molar-refractivity contribution in [1.29, 1.82) is 0 Å². The van der Waals surface area contributed by atoms with E-state index in [-0.39, 0.29) is 0 Å². The number of imidazole rings is 1. The summed E-state index contributed by atoms with van der Waals surface area (Å²) >= 11 is 0. The van der Waals surface area contributed by atoms with Crippen molar-refractivity contribution in [2.24, 2.45) is 0 Å². The van der Waals surface area contributed by atoms with Crippen molar-refractivity contribution in [3.05, 3.63) is 120 Å². The van der Waals surface area contributed by atoms with Crippen molar-refractivity contribution < 1.29 is 0 Å². The third-order valence-corrected chi connectivity index (χ3v) is 6.12. The van der Waals surface area contributed by atoms with Crippen LogP contribution in [-0.2, 0) is 25.0 Å². The molecule has 1 aromatic heterocycles. The van der Waals surface area contributed by atoms with E-state index in [9.17, 15) is 0 Å². The predicted molar refractivity (Wildman–Crippen MR) is 132 cm³/mol. The quantitative estimate of drug-likeness (QED) is 0.329. The maximum absolute atomic E-state index is 5.99. The van der Waals surface area contributed by atoms with Crippen molar-refractivity contribution in [3.63, 3.8) is 0 Å². The number of nitrogens with zero attached hydrogens (tertiary/aromatic N) is 2. The van der Waals surface area contributed by atoms with Gasteiger partial charge < -0.3 is 10.3 Å². The van der Waals surface area contributed by atoms with Crippen LogP contribution in [0.25, 0.3) is 0 Å². The number of aryl methyl sites for hydroxylation is 1. The van der Waals surface area contributed by atoms with Crippen molar-refractivity contribution in [1.82, 2.24) is 14.9 Å². The van der Waals surface area contributed by atoms with Gasteiger partial charge in [0.05, 0.1) is 18.5 Å². The topological polar surface area (TPSA) is 55.9 Å². The summed E-state index contributed by atoms with van der Waals surface area (Å²) in [5.74, 6) is 0. The standard InChI is InChI=1S/C28H32N4/c1-2-3-9-24-10-7-8-13-27(24)28(25-11-5-4-6-12-25,31-22-32-19-18-30-21-32)20-23-14-16-26(29)17-15-23/h4-8,10-19,21,31H,2-3,9,20,22,29H2,1H3. The third kappa shape index (κ3) is 4.92. The van der Waals surface area contributed by atoms with Crippen molar-refractivity contribution in [2.75, 3.05) is 5.73 Å². The number of benzene rings is 3. The minimum Gasteiger partial charge on any atom is -0.399 e. The minimum atomic E-state index is -0.397. The van der Waals surface area contributed by atoms with Gasteiger partial charge in [-0.25, -0.2) is 4.98 Å². The molecule has 4 aromatic rings. The second-order valence-corrected chi connectivity index (χ2v) is 8.36. The molecule has 0 spiro atoms. The number of nitrogens with one attached hydrogen (secondary N) is 1. The van der Waals surface area contributed by atoms with E-state index in [4.69, 9.17) is 5.73 Å². The number of nitrogens with two attached hydrogens (primary N) is 1. The fourth-order valence-electron chi connectivity index (χ4n) is 4.41. The van der Waals surface area contributed by atoms with Crippen molar-refractivity contribution >= 4 is 5.69 Å². The van der Waals surface area contributed by atoms with E-state index in [0.717, 1.165) is 18.5 Å². The SMILES string of the molecule is CCCCc1ccccc1C(Cc1ccc(N)cc1)(NCn1ccnc1)c1ccccc1. The normalized spacial score (nSPS) is 13.0. The zero-order chi connectivity index (χ0) is 22.2. The van der Waals surface area contributed by atoms with E-state index in [0.29, 0.717) is 6.67 Å². The van der Waals surface area contributed by atoms with Crippen LogP contribution in [0.1, 0.15) is 42.0 Å². The molecular weight excluding hydrogens is 392 g/mol. The van der Waals surface area contributed by atoms with Crippen LogP contribution in [0.15, 0.2) is 97.6 Å². The number of rotatable bonds is 10. The molecule has 1 unspecified atom stereocenters. The lowest BCUT2D eigenvalue weighted by molar-refractivity contribution is 0.353. The summed E-state index contributed by atoms with van der Waals surface area (Å²) in [7, 11) is 0. The monoisotopic (exact) mass is 424 g/mol. The van der Waals surface area contributed by atoms with Gasteiger partial charge in [-0.2, -0.15) is 0 Å². The largest absolute Gasteiger partial charge is 0.399 e. The summed E-state index contributed by atoms with van der Waals surface area (Å²) in [6.45, 7) is 2.91. The Morgan fingerprint density at radius 3 is 2.41 bits per heavy atom. The van der Waals surface area contributed by atoms with E-state index >= 15 is 0 Å². The van der Waals surface area contributed by atoms with Gasteiger partial charge in [-0.1, -0.05) is 80.1 Å². The highest BCUT2D eigenvalue weighted by Crippen LogP contribution is 2.36. The fourth-order valence-corrected chi connectivity index (χ4v) is 4.41. The van der Waals surface area contributed by atoms with Crippen LogP contribution in [0.3, 0.4) is 0 Å². The molecule has 3 aromatic carbocycles. The molecule has 164 valence electrons. The molecule has 4 nitrogen and oxygen atoms in total. The molecule has 32 heavy (non-hydrogen) atoms. The molecule has 3 N–H and O–H groups in total. The van der Waals surface area contributed by atoms with Gasteiger partial charge in [0, 0.05) is 18.1 Å². The molecule has 0 aliphatic carbocycles. The van der Waals surface area contributed by atoms with E-state index < -0.39 is 5.54 Å².